The van der Waals surface area contributed by atoms with Crippen LogP contribution in [0.25, 0.3) is 0 Å². The zero-order valence-corrected chi connectivity index (χ0v) is 28.7. The van der Waals surface area contributed by atoms with Crippen LogP contribution >= 0.6 is 28.5 Å². The Kier molecular flexibility index (Phi) is 10.5. The Morgan fingerprint density at radius 3 is 2.02 bits per heavy atom. The summed E-state index contributed by atoms with van der Waals surface area (Å²) in [7, 11) is 6.54. The van der Waals surface area contributed by atoms with E-state index in [0.29, 0.717) is 17.1 Å². The summed E-state index contributed by atoms with van der Waals surface area (Å²) in [6, 6.07) is 25.2. The maximum Gasteiger partial charge on any atom is 0.330 e. The molecule has 2 heterocycles. The summed E-state index contributed by atoms with van der Waals surface area (Å²) in [6.45, 7) is 1.62. The Labute approximate surface area is 276 Å². The van der Waals surface area contributed by atoms with Gasteiger partial charge in [-0.25, -0.2) is 9.46 Å². The highest BCUT2D eigenvalue weighted by atomic mass is 35.7. The molecule has 5 rings (SSSR count). The van der Waals surface area contributed by atoms with Gasteiger partial charge in [-0.1, -0.05) is 66.0 Å². The predicted octanol–water partition coefficient (Wildman–Crippen LogP) is 6.17. The number of hydrogen-bond donors (Lipinski definition) is 1. The standard InChI is InChI=1S/C33H37ClN3O7PS/c1-22-20-37(32(39)35-31(22)38)30-19-28(29(43-30)21-46-45(34,40)36(2)3)44-33(23-9-7-6-8-10-23,24-11-15-26(41-4)16-12-24)25-13-17-27(42-5)18-14-25/h6-18,20,28-30H,19,21H2,1-5H3,(H,35,38,39)/t28-,29+,30+,45?/m0/s1. The molecule has 1 N–H and O–H groups in total. The van der Waals surface area contributed by atoms with E-state index in [1.165, 1.54) is 15.4 Å². The molecule has 244 valence electrons. The Morgan fingerprint density at radius 2 is 1.50 bits per heavy atom. The van der Waals surface area contributed by atoms with Crippen molar-refractivity contribution in [2.24, 2.45) is 0 Å². The molecular weight excluding hydrogens is 649 g/mol. The van der Waals surface area contributed by atoms with Crippen LogP contribution < -0.4 is 20.7 Å². The van der Waals surface area contributed by atoms with E-state index in [4.69, 9.17) is 30.2 Å². The molecule has 0 aliphatic carbocycles. The van der Waals surface area contributed by atoms with Crippen LogP contribution in [0, 0.1) is 6.92 Å². The first-order valence-corrected chi connectivity index (χ1v) is 18.8. The molecule has 46 heavy (non-hydrogen) atoms. The number of nitrogens with one attached hydrogen (secondary N) is 1. The number of H-pyrrole nitrogens is 1. The molecule has 0 saturated carbocycles. The minimum Gasteiger partial charge on any atom is -0.497 e. The van der Waals surface area contributed by atoms with Crippen LogP contribution in [-0.4, -0.2) is 60.5 Å². The van der Waals surface area contributed by atoms with Crippen LogP contribution in [0.2, 0.25) is 0 Å². The lowest BCUT2D eigenvalue weighted by Gasteiger charge is -2.39. The quantitative estimate of drug-likeness (QED) is 0.138. The van der Waals surface area contributed by atoms with E-state index < -0.39 is 41.1 Å². The summed E-state index contributed by atoms with van der Waals surface area (Å²) in [5.41, 5.74) is 0.656. The number of aromatic nitrogens is 2. The zero-order chi connectivity index (χ0) is 33.1. The first-order chi connectivity index (χ1) is 22.0. The minimum absolute atomic E-state index is 0.216. The normalized spacial score (nSPS) is 19.6. The van der Waals surface area contributed by atoms with Crippen molar-refractivity contribution in [2.75, 3.05) is 34.1 Å². The molecule has 1 aliphatic rings. The molecule has 1 unspecified atom stereocenters. The number of ether oxygens (including phenoxy) is 4. The first-order valence-electron chi connectivity index (χ1n) is 14.6. The Morgan fingerprint density at radius 1 is 0.957 bits per heavy atom. The second-order valence-electron chi connectivity index (χ2n) is 11.1. The van der Waals surface area contributed by atoms with E-state index in [2.05, 4.69) is 4.98 Å². The van der Waals surface area contributed by atoms with Gasteiger partial charge in [0.05, 0.1) is 26.4 Å². The van der Waals surface area contributed by atoms with Crippen molar-refractivity contribution in [1.29, 1.82) is 0 Å². The van der Waals surface area contributed by atoms with Crippen LogP contribution in [0.5, 0.6) is 11.5 Å². The lowest BCUT2D eigenvalue weighted by atomic mass is 9.79. The number of benzene rings is 3. The molecule has 1 fully saturated rings. The molecule has 0 radical (unpaired) electrons. The molecule has 0 amide bonds. The molecule has 1 aromatic heterocycles. The van der Waals surface area contributed by atoms with Gasteiger partial charge in [-0.15, -0.1) is 0 Å². The van der Waals surface area contributed by atoms with Gasteiger partial charge in [-0.2, -0.15) is 0 Å². The lowest BCUT2D eigenvalue weighted by molar-refractivity contribution is -0.0779. The number of methoxy groups -OCH3 is 2. The fourth-order valence-electron chi connectivity index (χ4n) is 5.48. The van der Waals surface area contributed by atoms with Gasteiger partial charge in [-0.05, 0) is 73.2 Å². The molecular formula is C33H37ClN3O7PS. The number of aryl methyl sites for hydroxylation is 1. The van der Waals surface area contributed by atoms with Gasteiger partial charge in [-0.3, -0.25) is 18.9 Å². The summed E-state index contributed by atoms with van der Waals surface area (Å²) in [5, 5.41) is 0. The van der Waals surface area contributed by atoms with E-state index in [0.717, 1.165) is 28.1 Å². The van der Waals surface area contributed by atoms with Gasteiger partial charge < -0.3 is 18.9 Å². The van der Waals surface area contributed by atoms with Gasteiger partial charge in [0.1, 0.15) is 23.3 Å². The van der Waals surface area contributed by atoms with Crippen molar-refractivity contribution in [3.63, 3.8) is 0 Å². The van der Waals surface area contributed by atoms with Crippen LogP contribution in [0.3, 0.4) is 0 Å². The Hall–Kier alpha value is -3.31. The smallest absolute Gasteiger partial charge is 0.330 e. The van der Waals surface area contributed by atoms with E-state index in [-0.39, 0.29) is 12.2 Å². The van der Waals surface area contributed by atoms with E-state index in [1.807, 2.05) is 78.9 Å². The molecule has 10 nitrogen and oxygen atoms in total. The van der Waals surface area contributed by atoms with Gasteiger partial charge in [0.25, 0.3) is 11.4 Å². The topological polar surface area (TPSA) is 112 Å². The fourth-order valence-corrected chi connectivity index (χ4v) is 8.53. The summed E-state index contributed by atoms with van der Waals surface area (Å²) in [6.07, 6.45) is -0.290. The molecule has 4 atom stereocenters. The summed E-state index contributed by atoms with van der Waals surface area (Å²) in [4.78, 5) is 27.5. The lowest BCUT2D eigenvalue weighted by Crippen LogP contribution is -2.40. The highest BCUT2D eigenvalue weighted by Gasteiger charge is 2.47. The summed E-state index contributed by atoms with van der Waals surface area (Å²) < 4.78 is 40.8. The maximum absolute atomic E-state index is 13.2. The largest absolute Gasteiger partial charge is 0.497 e. The van der Waals surface area contributed by atoms with Gasteiger partial charge in [0.15, 0.2) is 0 Å². The number of halogens is 1. The average molecular weight is 686 g/mol. The number of rotatable bonds is 12. The first kappa shape index (κ1) is 34.0. The average Bonchev–Trinajstić information content (AvgIpc) is 3.46. The predicted molar refractivity (Wildman–Crippen MR) is 181 cm³/mol. The van der Waals surface area contributed by atoms with Crippen LogP contribution in [0.1, 0.15) is 34.9 Å². The second-order valence-corrected chi connectivity index (χ2v) is 17.6. The SMILES string of the molecule is COc1ccc(C(O[C@H]2C[C@H](n3cc(C)c(=O)[nH]c3=O)O[C@@H]2CSP(=O)(Cl)N(C)C)(c2ccccc2)c2ccc(OC)cc2)cc1. The van der Waals surface area contributed by atoms with Crippen LogP contribution in [-0.2, 0) is 19.6 Å². The van der Waals surface area contributed by atoms with Crippen molar-refractivity contribution in [1.82, 2.24) is 14.2 Å². The number of aromatic amines is 1. The third-order valence-electron chi connectivity index (χ3n) is 8.01. The van der Waals surface area contributed by atoms with E-state index in [1.54, 1.807) is 35.2 Å². The number of nitrogens with zero attached hydrogens (tertiary/aromatic N) is 2. The maximum atomic E-state index is 13.2. The fraction of sp³-hybridized carbons (Fsp3) is 0.333. The Balaban J connectivity index is 1.66. The highest BCUT2D eigenvalue weighted by molar-refractivity contribution is 8.64. The molecule has 0 spiro atoms. The monoisotopic (exact) mass is 685 g/mol. The van der Waals surface area contributed by atoms with Crippen molar-refractivity contribution in [3.8, 4) is 11.5 Å². The second kappa shape index (κ2) is 14.2. The zero-order valence-electron chi connectivity index (χ0n) is 26.2. The Bertz CT molecular complexity index is 1750. The van der Waals surface area contributed by atoms with E-state index in [9.17, 15) is 14.2 Å². The van der Waals surface area contributed by atoms with Gasteiger partial charge in [0.2, 0.25) is 0 Å². The third kappa shape index (κ3) is 7.00. The molecule has 4 aromatic rings. The third-order valence-corrected chi connectivity index (χ3v) is 13.9. The molecule has 0 bridgehead atoms. The molecule has 3 aromatic carbocycles. The van der Waals surface area contributed by atoms with Crippen molar-refractivity contribution in [3.05, 3.63) is 128 Å². The van der Waals surface area contributed by atoms with E-state index >= 15 is 0 Å². The van der Waals surface area contributed by atoms with Crippen LogP contribution in [0.4, 0.5) is 0 Å². The molecule has 1 aliphatic heterocycles. The minimum atomic E-state index is -3.26. The van der Waals surface area contributed by atoms with Crippen molar-refractivity contribution < 1.29 is 23.5 Å². The number of hydrogen-bond acceptors (Lipinski definition) is 8. The molecule has 13 heteroatoms. The summed E-state index contributed by atoms with van der Waals surface area (Å²) >= 11 is 7.50. The van der Waals surface area contributed by atoms with Crippen LogP contribution in [0.15, 0.2) is 94.6 Å². The molecule has 1 saturated heterocycles. The summed E-state index contributed by atoms with van der Waals surface area (Å²) in [5.74, 6) is -1.67. The van der Waals surface area contributed by atoms with Crippen molar-refractivity contribution >= 4 is 28.5 Å². The van der Waals surface area contributed by atoms with Gasteiger partial charge >= 0.3 is 5.69 Å². The highest BCUT2D eigenvalue weighted by Crippen LogP contribution is 2.65. The van der Waals surface area contributed by atoms with Gasteiger partial charge in [0, 0.05) is 23.9 Å². The van der Waals surface area contributed by atoms with Crippen molar-refractivity contribution in [2.45, 2.75) is 37.4 Å².